The first-order valence-electron chi connectivity index (χ1n) is 8.33. The van der Waals surface area contributed by atoms with E-state index in [9.17, 15) is 13.2 Å². The average Bonchev–Trinajstić information content (AvgIpc) is 2.62. The molecule has 0 saturated carbocycles. The highest BCUT2D eigenvalue weighted by Gasteiger charge is 2.35. The molecule has 1 heterocycles. The number of hydrogen-bond acceptors (Lipinski definition) is 3. The van der Waals surface area contributed by atoms with E-state index in [1.54, 1.807) is 36.4 Å². The van der Waals surface area contributed by atoms with E-state index in [0.29, 0.717) is 17.0 Å². The van der Waals surface area contributed by atoms with Gasteiger partial charge in [-0.25, -0.2) is 8.42 Å². The molecular weight excluding hydrogens is 370 g/mol. The lowest BCUT2D eigenvalue weighted by Gasteiger charge is -2.34. The summed E-state index contributed by atoms with van der Waals surface area (Å²) in [7, 11) is -3.75. The summed E-state index contributed by atoms with van der Waals surface area (Å²) in [5, 5.41) is 0.595. The Kier molecular flexibility index (Phi) is 5.32. The van der Waals surface area contributed by atoms with Gasteiger partial charge < -0.3 is 0 Å². The van der Waals surface area contributed by atoms with Crippen molar-refractivity contribution in [2.75, 3.05) is 6.54 Å². The summed E-state index contributed by atoms with van der Waals surface area (Å²) in [6.45, 7) is 3.44. The number of sulfonamides is 1. The van der Waals surface area contributed by atoms with Crippen molar-refractivity contribution < 1.29 is 13.2 Å². The van der Waals surface area contributed by atoms with E-state index in [1.165, 1.54) is 11.2 Å². The fourth-order valence-corrected chi connectivity index (χ4v) is 4.78. The van der Waals surface area contributed by atoms with Crippen LogP contribution in [0, 0.1) is 6.92 Å². The second-order valence-corrected chi connectivity index (χ2v) is 8.78. The molecule has 2 aromatic rings. The molecular formula is C20H20ClNO3S. The van der Waals surface area contributed by atoms with Crippen LogP contribution >= 0.6 is 11.6 Å². The smallest absolute Gasteiger partial charge is 0.243 e. The third-order valence-corrected chi connectivity index (χ3v) is 6.72. The first kappa shape index (κ1) is 18.8. The third kappa shape index (κ3) is 3.75. The summed E-state index contributed by atoms with van der Waals surface area (Å²) in [5.41, 5.74) is 2.36. The minimum atomic E-state index is -3.75. The standard InChI is InChI=1S/C20H20ClNO3S/c1-14-3-10-19(11-4-14)26(24,25)22-13-17(15(2)23)7-12-20(22)16-5-8-18(21)9-6-16/h3-11,20H,12-13H2,1-2H3. The molecule has 0 aliphatic carbocycles. The fraction of sp³-hybridized carbons (Fsp3) is 0.250. The zero-order valence-electron chi connectivity index (χ0n) is 14.6. The number of benzene rings is 2. The van der Waals surface area contributed by atoms with Crippen LogP contribution in [0.15, 0.2) is 65.1 Å². The van der Waals surface area contributed by atoms with E-state index in [-0.39, 0.29) is 23.3 Å². The predicted octanol–water partition coefficient (Wildman–Crippen LogP) is 4.30. The normalized spacial score (nSPS) is 18.4. The second kappa shape index (κ2) is 7.35. The van der Waals surface area contributed by atoms with Gasteiger partial charge in [-0.3, -0.25) is 4.79 Å². The summed E-state index contributed by atoms with van der Waals surface area (Å²) in [4.78, 5) is 12.1. The van der Waals surface area contributed by atoms with Gasteiger partial charge in [0.2, 0.25) is 10.0 Å². The zero-order valence-corrected chi connectivity index (χ0v) is 16.2. The van der Waals surface area contributed by atoms with Crippen LogP contribution in [-0.2, 0) is 14.8 Å². The number of nitrogens with zero attached hydrogens (tertiary/aromatic N) is 1. The lowest BCUT2D eigenvalue weighted by molar-refractivity contribution is -0.113. The van der Waals surface area contributed by atoms with E-state index >= 15 is 0 Å². The molecule has 1 aliphatic rings. The number of carbonyl (C=O) groups is 1. The molecule has 6 heteroatoms. The Morgan fingerprint density at radius 2 is 1.69 bits per heavy atom. The highest BCUT2D eigenvalue weighted by molar-refractivity contribution is 7.89. The predicted molar refractivity (Wildman–Crippen MR) is 103 cm³/mol. The van der Waals surface area contributed by atoms with Crippen molar-refractivity contribution in [2.45, 2.75) is 31.2 Å². The Bertz CT molecular complexity index is 948. The number of rotatable bonds is 4. The van der Waals surface area contributed by atoms with Crippen LogP contribution < -0.4 is 0 Å². The van der Waals surface area contributed by atoms with E-state index in [4.69, 9.17) is 11.6 Å². The monoisotopic (exact) mass is 389 g/mol. The van der Waals surface area contributed by atoms with Gasteiger partial charge in [-0.1, -0.05) is 47.5 Å². The van der Waals surface area contributed by atoms with Crippen LogP contribution in [0.5, 0.6) is 0 Å². The van der Waals surface area contributed by atoms with E-state index in [0.717, 1.165) is 11.1 Å². The van der Waals surface area contributed by atoms with Crippen LogP contribution in [-0.4, -0.2) is 25.1 Å². The number of hydrogen-bond donors (Lipinski definition) is 0. The molecule has 4 nitrogen and oxygen atoms in total. The summed E-state index contributed by atoms with van der Waals surface area (Å²) >= 11 is 5.96. The number of halogens is 1. The molecule has 3 rings (SSSR count). The zero-order chi connectivity index (χ0) is 18.9. The molecule has 0 radical (unpaired) electrons. The summed E-state index contributed by atoms with van der Waals surface area (Å²) in [6, 6.07) is 13.5. The molecule has 1 atom stereocenters. The van der Waals surface area contributed by atoms with Crippen LogP contribution in [0.2, 0.25) is 5.02 Å². The molecule has 1 aliphatic heterocycles. The maximum absolute atomic E-state index is 13.3. The first-order valence-corrected chi connectivity index (χ1v) is 10.1. The summed E-state index contributed by atoms with van der Waals surface area (Å²) < 4.78 is 28.0. The van der Waals surface area contributed by atoms with Gasteiger partial charge in [0, 0.05) is 17.1 Å². The van der Waals surface area contributed by atoms with E-state index in [2.05, 4.69) is 0 Å². The van der Waals surface area contributed by atoms with Crippen LogP contribution in [0.25, 0.3) is 0 Å². The SMILES string of the molecule is CC(=O)C1=CCC(c2ccc(Cl)cc2)N(S(=O)(=O)c2ccc(C)cc2)C1. The Balaban J connectivity index is 2.06. The van der Waals surface area contributed by atoms with Gasteiger partial charge in [0.1, 0.15) is 0 Å². The Morgan fingerprint density at radius 3 is 2.27 bits per heavy atom. The minimum Gasteiger partial charge on any atom is -0.295 e. The van der Waals surface area contributed by atoms with Crippen molar-refractivity contribution in [1.82, 2.24) is 4.31 Å². The van der Waals surface area contributed by atoms with Crippen molar-refractivity contribution in [3.05, 3.63) is 76.3 Å². The van der Waals surface area contributed by atoms with Crippen molar-refractivity contribution in [2.24, 2.45) is 0 Å². The second-order valence-electron chi connectivity index (χ2n) is 6.45. The maximum atomic E-state index is 13.3. The molecule has 136 valence electrons. The van der Waals surface area contributed by atoms with Crippen molar-refractivity contribution in [1.29, 1.82) is 0 Å². The summed E-state index contributed by atoms with van der Waals surface area (Å²) in [6.07, 6.45) is 2.28. The maximum Gasteiger partial charge on any atom is 0.243 e. The molecule has 0 fully saturated rings. The van der Waals surface area contributed by atoms with E-state index < -0.39 is 10.0 Å². The quantitative estimate of drug-likeness (QED) is 0.783. The van der Waals surface area contributed by atoms with Crippen LogP contribution in [0.4, 0.5) is 0 Å². The molecule has 0 bridgehead atoms. The molecule has 0 aromatic heterocycles. The Labute approximate surface area is 159 Å². The number of Topliss-reactive ketones (excluding diaryl/α,β-unsaturated/α-hetero) is 1. The topological polar surface area (TPSA) is 54.5 Å². The molecule has 0 N–H and O–H groups in total. The van der Waals surface area contributed by atoms with Gasteiger partial charge in [0.15, 0.2) is 5.78 Å². The highest BCUT2D eigenvalue weighted by atomic mass is 35.5. The largest absolute Gasteiger partial charge is 0.295 e. The third-order valence-electron chi connectivity index (χ3n) is 4.60. The number of aryl methyl sites for hydroxylation is 1. The van der Waals surface area contributed by atoms with E-state index in [1.807, 2.05) is 25.1 Å². The molecule has 0 spiro atoms. The molecule has 1 unspecified atom stereocenters. The number of ketones is 1. The fourth-order valence-electron chi connectivity index (χ4n) is 3.05. The number of carbonyl (C=O) groups excluding carboxylic acids is 1. The van der Waals surface area contributed by atoms with Gasteiger partial charge in [0.25, 0.3) is 0 Å². The van der Waals surface area contributed by atoms with Gasteiger partial charge in [-0.2, -0.15) is 4.31 Å². The van der Waals surface area contributed by atoms with Crippen molar-refractivity contribution in [3.8, 4) is 0 Å². The average molecular weight is 390 g/mol. The highest BCUT2D eigenvalue weighted by Crippen LogP contribution is 2.35. The lowest BCUT2D eigenvalue weighted by Crippen LogP contribution is -2.39. The Hall–Kier alpha value is -1.95. The molecule has 26 heavy (non-hydrogen) atoms. The first-order chi connectivity index (χ1) is 12.3. The minimum absolute atomic E-state index is 0.0683. The van der Waals surface area contributed by atoms with Gasteiger partial charge in [-0.05, 0) is 50.1 Å². The van der Waals surface area contributed by atoms with Crippen LogP contribution in [0.1, 0.15) is 30.5 Å². The van der Waals surface area contributed by atoms with Crippen molar-refractivity contribution in [3.63, 3.8) is 0 Å². The van der Waals surface area contributed by atoms with Gasteiger partial charge >= 0.3 is 0 Å². The van der Waals surface area contributed by atoms with Crippen LogP contribution in [0.3, 0.4) is 0 Å². The molecule has 0 amide bonds. The van der Waals surface area contributed by atoms with Gasteiger partial charge in [0.05, 0.1) is 10.9 Å². The van der Waals surface area contributed by atoms with Gasteiger partial charge in [-0.15, -0.1) is 0 Å². The molecule has 0 saturated heterocycles. The lowest BCUT2D eigenvalue weighted by atomic mass is 9.97. The summed E-state index contributed by atoms with van der Waals surface area (Å²) in [5.74, 6) is -0.108. The molecule has 2 aromatic carbocycles. The van der Waals surface area contributed by atoms with Crippen molar-refractivity contribution >= 4 is 27.4 Å². The Morgan fingerprint density at radius 1 is 1.08 bits per heavy atom.